The summed E-state index contributed by atoms with van der Waals surface area (Å²) in [4.78, 5) is 8.07. The first kappa shape index (κ1) is 11.2. The van der Waals surface area contributed by atoms with Gasteiger partial charge in [0.25, 0.3) is 0 Å². The molecular weight excluding hydrogens is 198 g/mol. The van der Waals surface area contributed by atoms with Crippen molar-refractivity contribution < 1.29 is 0 Å². The molecule has 1 aromatic heterocycles. The average molecular weight is 214 g/mol. The third kappa shape index (κ3) is 3.50. The monoisotopic (exact) mass is 213 g/mol. The van der Waals surface area contributed by atoms with Crippen LogP contribution in [0, 0.1) is 0 Å². The van der Waals surface area contributed by atoms with Crippen LogP contribution in [0.15, 0.2) is 12.4 Å². The van der Waals surface area contributed by atoms with Crippen molar-refractivity contribution in [3.63, 3.8) is 0 Å². The Labute approximate surface area is 89.9 Å². The molecule has 1 atom stereocenters. The quantitative estimate of drug-likeness (QED) is 0.817. The molecule has 0 amide bonds. The summed E-state index contributed by atoms with van der Waals surface area (Å²) < 4.78 is 0. The van der Waals surface area contributed by atoms with Gasteiger partial charge in [-0.3, -0.25) is 0 Å². The Kier molecular flexibility index (Phi) is 4.66. The van der Waals surface area contributed by atoms with E-state index in [2.05, 4.69) is 29.1 Å². The van der Waals surface area contributed by atoms with Crippen molar-refractivity contribution in [2.45, 2.75) is 39.2 Å². The standard InChI is InChI=1S/C10H16ClN3/c1-3-4-5-8(2)14-10-9(11)12-6-7-13-10/h6-8H,3-5H2,1-2H3,(H,13,14). The molecule has 0 bridgehead atoms. The number of unbranched alkanes of at least 4 members (excludes halogenated alkanes) is 1. The lowest BCUT2D eigenvalue weighted by atomic mass is 10.1. The highest BCUT2D eigenvalue weighted by Crippen LogP contribution is 2.16. The molecule has 0 fully saturated rings. The molecule has 3 nitrogen and oxygen atoms in total. The number of rotatable bonds is 5. The molecular formula is C10H16ClN3. The Balaban J connectivity index is 2.47. The second kappa shape index (κ2) is 5.81. The first-order valence-corrected chi connectivity index (χ1v) is 5.35. The summed E-state index contributed by atoms with van der Waals surface area (Å²) >= 11 is 5.87. The summed E-state index contributed by atoms with van der Waals surface area (Å²) in [6.07, 6.45) is 6.78. The molecule has 0 aliphatic rings. The van der Waals surface area contributed by atoms with Gasteiger partial charge in [0, 0.05) is 18.4 Å². The van der Waals surface area contributed by atoms with Gasteiger partial charge in [0.15, 0.2) is 11.0 Å². The maximum absolute atomic E-state index is 5.87. The van der Waals surface area contributed by atoms with Gasteiger partial charge in [0.05, 0.1) is 0 Å². The molecule has 1 rings (SSSR count). The molecule has 14 heavy (non-hydrogen) atoms. The lowest BCUT2D eigenvalue weighted by Gasteiger charge is -2.13. The third-order valence-corrected chi connectivity index (χ3v) is 2.30. The van der Waals surface area contributed by atoms with E-state index in [4.69, 9.17) is 11.6 Å². The summed E-state index contributed by atoms with van der Waals surface area (Å²) in [7, 11) is 0. The topological polar surface area (TPSA) is 37.8 Å². The second-order valence-electron chi connectivity index (χ2n) is 3.38. The molecule has 0 aromatic carbocycles. The van der Waals surface area contributed by atoms with Gasteiger partial charge in [-0.05, 0) is 13.3 Å². The molecule has 0 saturated carbocycles. The van der Waals surface area contributed by atoms with E-state index in [0.29, 0.717) is 17.0 Å². The summed E-state index contributed by atoms with van der Waals surface area (Å²) in [5.74, 6) is 0.678. The molecule has 0 aliphatic heterocycles. The highest BCUT2D eigenvalue weighted by atomic mass is 35.5. The van der Waals surface area contributed by atoms with E-state index in [1.54, 1.807) is 12.4 Å². The molecule has 1 N–H and O–H groups in total. The number of anilines is 1. The zero-order valence-corrected chi connectivity index (χ0v) is 9.38. The van der Waals surface area contributed by atoms with Gasteiger partial charge < -0.3 is 5.32 Å². The first-order chi connectivity index (χ1) is 6.74. The van der Waals surface area contributed by atoms with Crippen molar-refractivity contribution in [2.75, 3.05) is 5.32 Å². The molecule has 4 heteroatoms. The molecule has 0 aliphatic carbocycles. The van der Waals surface area contributed by atoms with E-state index < -0.39 is 0 Å². The van der Waals surface area contributed by atoms with Gasteiger partial charge in [-0.15, -0.1) is 0 Å². The van der Waals surface area contributed by atoms with E-state index in [-0.39, 0.29) is 0 Å². The van der Waals surface area contributed by atoms with Gasteiger partial charge in [0.1, 0.15) is 0 Å². The van der Waals surface area contributed by atoms with Gasteiger partial charge in [-0.1, -0.05) is 31.4 Å². The number of hydrogen-bond donors (Lipinski definition) is 1. The Bertz CT molecular complexity index is 278. The Hall–Kier alpha value is -0.830. The largest absolute Gasteiger partial charge is 0.365 e. The smallest absolute Gasteiger partial charge is 0.171 e. The third-order valence-electron chi connectivity index (χ3n) is 2.03. The van der Waals surface area contributed by atoms with Crippen LogP contribution in [0.2, 0.25) is 5.15 Å². The molecule has 1 aromatic rings. The average Bonchev–Trinajstić information content (AvgIpc) is 2.18. The molecule has 1 unspecified atom stereocenters. The SMILES string of the molecule is CCCCC(C)Nc1nccnc1Cl. The first-order valence-electron chi connectivity index (χ1n) is 4.97. The maximum Gasteiger partial charge on any atom is 0.171 e. The van der Waals surface area contributed by atoms with Crippen LogP contribution >= 0.6 is 11.6 Å². The lowest BCUT2D eigenvalue weighted by Crippen LogP contribution is -2.16. The highest BCUT2D eigenvalue weighted by Gasteiger charge is 2.05. The predicted molar refractivity (Wildman–Crippen MR) is 59.7 cm³/mol. The van der Waals surface area contributed by atoms with Crippen LogP contribution in [-0.4, -0.2) is 16.0 Å². The van der Waals surface area contributed by atoms with Crippen molar-refractivity contribution in [1.29, 1.82) is 0 Å². The van der Waals surface area contributed by atoms with Crippen LogP contribution in [0.1, 0.15) is 33.1 Å². The van der Waals surface area contributed by atoms with Crippen molar-refractivity contribution in [2.24, 2.45) is 0 Å². The van der Waals surface area contributed by atoms with E-state index in [1.807, 2.05) is 0 Å². The van der Waals surface area contributed by atoms with Gasteiger partial charge in [-0.25, -0.2) is 9.97 Å². The summed E-state index contributed by atoms with van der Waals surface area (Å²) in [6, 6.07) is 0.393. The maximum atomic E-state index is 5.87. The van der Waals surface area contributed by atoms with Crippen LogP contribution in [-0.2, 0) is 0 Å². The second-order valence-corrected chi connectivity index (χ2v) is 3.74. The van der Waals surface area contributed by atoms with Crippen LogP contribution in [0.3, 0.4) is 0 Å². The zero-order valence-electron chi connectivity index (χ0n) is 8.63. The van der Waals surface area contributed by atoms with Crippen molar-refractivity contribution in [3.8, 4) is 0 Å². The number of nitrogens with one attached hydrogen (secondary N) is 1. The Morgan fingerprint density at radius 1 is 1.43 bits per heavy atom. The molecule has 0 spiro atoms. The Morgan fingerprint density at radius 2 is 2.14 bits per heavy atom. The minimum Gasteiger partial charge on any atom is -0.365 e. The van der Waals surface area contributed by atoms with Gasteiger partial charge in [-0.2, -0.15) is 0 Å². The highest BCUT2D eigenvalue weighted by molar-refractivity contribution is 6.31. The van der Waals surface area contributed by atoms with E-state index in [0.717, 1.165) is 6.42 Å². The zero-order chi connectivity index (χ0) is 10.4. The fourth-order valence-electron chi connectivity index (χ4n) is 1.23. The van der Waals surface area contributed by atoms with Crippen molar-refractivity contribution in [1.82, 2.24) is 9.97 Å². The minimum atomic E-state index is 0.393. The molecule has 78 valence electrons. The van der Waals surface area contributed by atoms with E-state index >= 15 is 0 Å². The van der Waals surface area contributed by atoms with E-state index in [9.17, 15) is 0 Å². The summed E-state index contributed by atoms with van der Waals surface area (Å²) in [5.41, 5.74) is 0. The van der Waals surface area contributed by atoms with E-state index in [1.165, 1.54) is 12.8 Å². The number of aromatic nitrogens is 2. The number of hydrogen-bond acceptors (Lipinski definition) is 3. The summed E-state index contributed by atoms with van der Waals surface area (Å²) in [5, 5.41) is 3.68. The van der Waals surface area contributed by atoms with Crippen LogP contribution in [0.5, 0.6) is 0 Å². The van der Waals surface area contributed by atoms with Crippen molar-refractivity contribution >= 4 is 17.4 Å². The molecule has 1 heterocycles. The van der Waals surface area contributed by atoms with Gasteiger partial charge in [0.2, 0.25) is 0 Å². The Morgan fingerprint density at radius 3 is 2.79 bits per heavy atom. The minimum absolute atomic E-state index is 0.393. The van der Waals surface area contributed by atoms with Crippen LogP contribution in [0.4, 0.5) is 5.82 Å². The summed E-state index contributed by atoms with van der Waals surface area (Å²) in [6.45, 7) is 4.31. The lowest BCUT2D eigenvalue weighted by molar-refractivity contribution is 0.643. The normalized spacial score (nSPS) is 12.5. The predicted octanol–water partition coefficient (Wildman–Crippen LogP) is 3.12. The fourth-order valence-corrected chi connectivity index (χ4v) is 1.39. The van der Waals surface area contributed by atoms with Crippen molar-refractivity contribution in [3.05, 3.63) is 17.5 Å². The molecule has 0 saturated heterocycles. The van der Waals surface area contributed by atoms with Crippen LogP contribution in [0.25, 0.3) is 0 Å². The fraction of sp³-hybridized carbons (Fsp3) is 0.600. The van der Waals surface area contributed by atoms with Gasteiger partial charge >= 0.3 is 0 Å². The number of halogens is 1. The van der Waals surface area contributed by atoms with Crippen LogP contribution < -0.4 is 5.32 Å². The number of nitrogens with zero attached hydrogens (tertiary/aromatic N) is 2. The molecule has 0 radical (unpaired) electrons.